The lowest BCUT2D eigenvalue weighted by Crippen LogP contribution is -2.49. The Labute approximate surface area is 107 Å². The van der Waals surface area contributed by atoms with Crippen molar-refractivity contribution in [3.63, 3.8) is 0 Å². The molecule has 2 aliphatic rings. The average molecular weight is 258 g/mol. The third-order valence-corrected chi connectivity index (χ3v) is 4.71. The van der Waals surface area contributed by atoms with Gasteiger partial charge in [0.1, 0.15) is 0 Å². The summed E-state index contributed by atoms with van der Waals surface area (Å²) in [4.78, 5) is 14.1. The van der Waals surface area contributed by atoms with Gasteiger partial charge in [0, 0.05) is 37.1 Å². The van der Waals surface area contributed by atoms with Crippen LogP contribution in [0.1, 0.15) is 25.7 Å². The highest BCUT2D eigenvalue weighted by molar-refractivity contribution is 7.99. The molecule has 0 aromatic carbocycles. The number of piperidine rings is 1. The van der Waals surface area contributed by atoms with Gasteiger partial charge in [-0.15, -0.1) is 0 Å². The molecule has 5 heteroatoms. The number of hydrogen-bond donors (Lipinski definition) is 2. The minimum absolute atomic E-state index is 0.0625. The molecule has 2 atom stereocenters. The van der Waals surface area contributed by atoms with Crippen LogP contribution >= 0.6 is 11.8 Å². The highest BCUT2D eigenvalue weighted by Gasteiger charge is 2.28. The fourth-order valence-corrected chi connectivity index (χ4v) is 3.55. The topological polar surface area (TPSA) is 52.6 Å². The molecule has 0 saturated carbocycles. The number of carbonyl (C=O) groups is 1. The van der Waals surface area contributed by atoms with Gasteiger partial charge in [-0.25, -0.2) is 0 Å². The normalized spacial score (nSPS) is 30.3. The number of amides is 1. The third kappa shape index (κ3) is 3.60. The summed E-state index contributed by atoms with van der Waals surface area (Å²) in [5.74, 6) is 2.39. The van der Waals surface area contributed by atoms with Crippen molar-refractivity contribution < 1.29 is 9.90 Å². The molecule has 4 nitrogen and oxygen atoms in total. The first-order valence-corrected chi connectivity index (χ1v) is 7.68. The Morgan fingerprint density at radius 3 is 3.06 bits per heavy atom. The van der Waals surface area contributed by atoms with Gasteiger partial charge in [-0.1, -0.05) is 0 Å². The van der Waals surface area contributed by atoms with Gasteiger partial charge in [-0.2, -0.15) is 11.8 Å². The molecule has 17 heavy (non-hydrogen) atoms. The van der Waals surface area contributed by atoms with Crippen LogP contribution in [0, 0.1) is 0 Å². The van der Waals surface area contributed by atoms with Crippen LogP contribution in [0.2, 0.25) is 0 Å². The van der Waals surface area contributed by atoms with E-state index < -0.39 is 0 Å². The Morgan fingerprint density at radius 2 is 2.35 bits per heavy atom. The van der Waals surface area contributed by atoms with E-state index in [4.69, 9.17) is 0 Å². The maximum atomic E-state index is 12.2. The first-order chi connectivity index (χ1) is 8.31. The smallest absolute Gasteiger partial charge is 0.224 e. The Kier molecular flexibility index (Phi) is 5.13. The second-order valence-corrected chi connectivity index (χ2v) is 6.00. The first kappa shape index (κ1) is 13.2. The van der Waals surface area contributed by atoms with Crippen molar-refractivity contribution >= 4 is 17.7 Å². The molecule has 0 bridgehead atoms. The van der Waals surface area contributed by atoms with E-state index in [1.165, 1.54) is 0 Å². The van der Waals surface area contributed by atoms with Gasteiger partial charge in [-0.05, 0) is 19.3 Å². The highest BCUT2D eigenvalue weighted by Crippen LogP contribution is 2.19. The van der Waals surface area contributed by atoms with E-state index in [0.717, 1.165) is 43.9 Å². The quantitative estimate of drug-likeness (QED) is 0.772. The van der Waals surface area contributed by atoms with Crippen molar-refractivity contribution in [2.45, 2.75) is 37.8 Å². The zero-order valence-corrected chi connectivity index (χ0v) is 11.0. The maximum absolute atomic E-state index is 12.2. The summed E-state index contributed by atoms with van der Waals surface area (Å²) in [6.07, 6.45) is 3.75. The molecule has 98 valence electrons. The molecule has 2 heterocycles. The molecule has 2 unspecified atom stereocenters. The summed E-state index contributed by atoms with van der Waals surface area (Å²) in [5, 5.41) is 12.7. The fourth-order valence-electron chi connectivity index (χ4n) is 2.60. The van der Waals surface area contributed by atoms with Gasteiger partial charge in [-0.3, -0.25) is 4.79 Å². The number of likely N-dealkylation sites (tertiary alicyclic amines) is 1. The summed E-state index contributed by atoms with van der Waals surface area (Å²) in [6.45, 7) is 1.94. The second-order valence-electron chi connectivity index (χ2n) is 4.85. The van der Waals surface area contributed by atoms with Crippen LogP contribution in [0.4, 0.5) is 0 Å². The Hall–Kier alpha value is -0.260. The second kappa shape index (κ2) is 6.61. The number of carbonyl (C=O) groups excluding carboxylic acids is 1. The minimum Gasteiger partial charge on any atom is -0.394 e. The summed E-state index contributed by atoms with van der Waals surface area (Å²) in [6, 6.07) is 0.384. The molecule has 0 aromatic rings. The summed E-state index contributed by atoms with van der Waals surface area (Å²) >= 11 is 1.92. The van der Waals surface area contributed by atoms with E-state index in [0.29, 0.717) is 12.5 Å². The van der Waals surface area contributed by atoms with E-state index in [1.807, 2.05) is 16.7 Å². The monoisotopic (exact) mass is 258 g/mol. The van der Waals surface area contributed by atoms with Crippen molar-refractivity contribution in [3.05, 3.63) is 0 Å². The van der Waals surface area contributed by atoms with Crippen molar-refractivity contribution in [1.29, 1.82) is 0 Å². The molecule has 2 rings (SSSR count). The maximum Gasteiger partial charge on any atom is 0.224 e. The summed E-state index contributed by atoms with van der Waals surface area (Å²) < 4.78 is 0. The van der Waals surface area contributed by atoms with Crippen LogP contribution in [0.5, 0.6) is 0 Å². The zero-order valence-electron chi connectivity index (χ0n) is 10.2. The fraction of sp³-hybridized carbons (Fsp3) is 0.917. The number of aliphatic hydroxyl groups is 1. The summed E-state index contributed by atoms with van der Waals surface area (Å²) in [7, 11) is 0. The minimum atomic E-state index is 0.0625. The number of thioether (sulfide) groups is 1. The van der Waals surface area contributed by atoms with Crippen LogP contribution in [0.15, 0.2) is 0 Å². The van der Waals surface area contributed by atoms with Crippen LogP contribution in [0.25, 0.3) is 0 Å². The SMILES string of the molecule is O=C(CC1CSCCN1)N1CCCCC1CO. The van der Waals surface area contributed by atoms with E-state index in [2.05, 4.69) is 5.32 Å². The number of aliphatic hydroxyl groups excluding tert-OH is 1. The molecule has 0 spiro atoms. The number of nitrogens with one attached hydrogen (secondary N) is 1. The van der Waals surface area contributed by atoms with Gasteiger partial charge in [0.05, 0.1) is 12.6 Å². The van der Waals surface area contributed by atoms with Crippen molar-refractivity contribution in [2.24, 2.45) is 0 Å². The predicted molar refractivity (Wildman–Crippen MR) is 70.2 cm³/mol. The number of nitrogens with zero attached hydrogens (tertiary/aromatic N) is 1. The number of hydrogen-bond acceptors (Lipinski definition) is 4. The van der Waals surface area contributed by atoms with E-state index in [1.54, 1.807) is 0 Å². The van der Waals surface area contributed by atoms with Gasteiger partial charge < -0.3 is 15.3 Å². The Bertz CT molecular complexity index is 257. The Morgan fingerprint density at radius 1 is 1.47 bits per heavy atom. The standard InChI is InChI=1S/C12H22N2O2S/c15-8-11-3-1-2-5-14(11)12(16)7-10-9-17-6-4-13-10/h10-11,13,15H,1-9H2. The largest absolute Gasteiger partial charge is 0.394 e. The van der Waals surface area contributed by atoms with Crippen molar-refractivity contribution in [3.8, 4) is 0 Å². The van der Waals surface area contributed by atoms with E-state index in [9.17, 15) is 9.90 Å². The highest BCUT2D eigenvalue weighted by atomic mass is 32.2. The van der Waals surface area contributed by atoms with Crippen LogP contribution < -0.4 is 5.32 Å². The average Bonchev–Trinajstić information content (AvgIpc) is 2.40. The molecule has 0 aromatic heterocycles. The molecule has 0 radical (unpaired) electrons. The summed E-state index contributed by atoms with van der Waals surface area (Å²) in [5.41, 5.74) is 0. The van der Waals surface area contributed by atoms with Crippen LogP contribution in [0.3, 0.4) is 0 Å². The zero-order chi connectivity index (χ0) is 12.1. The number of rotatable bonds is 3. The lowest BCUT2D eigenvalue weighted by Gasteiger charge is -2.36. The van der Waals surface area contributed by atoms with Crippen molar-refractivity contribution in [2.75, 3.05) is 31.2 Å². The van der Waals surface area contributed by atoms with E-state index >= 15 is 0 Å². The van der Waals surface area contributed by atoms with Gasteiger partial charge in [0.15, 0.2) is 0 Å². The van der Waals surface area contributed by atoms with Crippen LogP contribution in [-0.2, 0) is 4.79 Å². The van der Waals surface area contributed by atoms with Gasteiger partial charge in [0.25, 0.3) is 0 Å². The molecule has 2 aliphatic heterocycles. The van der Waals surface area contributed by atoms with Crippen LogP contribution in [-0.4, -0.2) is 59.2 Å². The van der Waals surface area contributed by atoms with Crippen molar-refractivity contribution in [1.82, 2.24) is 10.2 Å². The molecule has 2 N–H and O–H groups in total. The lowest BCUT2D eigenvalue weighted by atomic mass is 10.0. The molecule has 2 fully saturated rings. The van der Waals surface area contributed by atoms with E-state index in [-0.39, 0.29) is 18.6 Å². The molecule has 0 aliphatic carbocycles. The first-order valence-electron chi connectivity index (χ1n) is 6.52. The predicted octanol–water partition coefficient (Wildman–Crippen LogP) is 0.455. The molecular weight excluding hydrogens is 236 g/mol. The lowest BCUT2D eigenvalue weighted by molar-refractivity contribution is -0.136. The van der Waals surface area contributed by atoms with Gasteiger partial charge in [0.2, 0.25) is 5.91 Å². The molecule has 1 amide bonds. The Balaban J connectivity index is 1.84. The molecule has 2 saturated heterocycles. The van der Waals surface area contributed by atoms with Gasteiger partial charge >= 0.3 is 0 Å². The molecular formula is C12H22N2O2S. The third-order valence-electron chi connectivity index (χ3n) is 3.58.